The van der Waals surface area contributed by atoms with Crippen LogP contribution in [0.3, 0.4) is 0 Å². The van der Waals surface area contributed by atoms with Crippen molar-refractivity contribution in [1.82, 2.24) is 14.7 Å². The minimum absolute atomic E-state index is 0.0515. The summed E-state index contributed by atoms with van der Waals surface area (Å²) in [6.07, 6.45) is 1.01. The predicted octanol–water partition coefficient (Wildman–Crippen LogP) is -0.561. The molecule has 0 aliphatic carbocycles. The molecular formula is C15H25N3O4. The number of nitrogens with zero attached hydrogens (tertiary/aromatic N) is 3. The quantitative estimate of drug-likeness (QED) is 0.757. The van der Waals surface area contributed by atoms with Crippen molar-refractivity contribution >= 4 is 17.7 Å². The summed E-state index contributed by atoms with van der Waals surface area (Å²) in [5.41, 5.74) is 0. The van der Waals surface area contributed by atoms with Crippen LogP contribution in [0.4, 0.5) is 0 Å². The number of likely N-dealkylation sites (tertiary alicyclic amines) is 1. The summed E-state index contributed by atoms with van der Waals surface area (Å²) in [7, 11) is 0. The van der Waals surface area contributed by atoms with Crippen LogP contribution in [0.25, 0.3) is 0 Å². The van der Waals surface area contributed by atoms with E-state index in [1.807, 2.05) is 6.92 Å². The fourth-order valence-electron chi connectivity index (χ4n) is 3.08. The third kappa shape index (κ3) is 3.40. The van der Waals surface area contributed by atoms with Crippen molar-refractivity contribution in [3.8, 4) is 0 Å². The monoisotopic (exact) mass is 311 g/mol. The standard InChI is InChI=1S/C15H25N3O4/c1-3-16-8-9-18(11(2)14(16)21)13(20)10-17-7-5-4-6-12(19)15(17)22/h11-12,19H,3-10H2,1-2H3. The molecule has 0 aromatic carbocycles. The van der Waals surface area contributed by atoms with Crippen LogP contribution in [0, 0.1) is 0 Å². The first kappa shape index (κ1) is 16.7. The van der Waals surface area contributed by atoms with Gasteiger partial charge in [0.1, 0.15) is 12.1 Å². The van der Waals surface area contributed by atoms with Crippen molar-refractivity contribution in [2.45, 2.75) is 45.3 Å². The lowest BCUT2D eigenvalue weighted by Gasteiger charge is -2.39. The van der Waals surface area contributed by atoms with Crippen molar-refractivity contribution in [3.63, 3.8) is 0 Å². The number of piperazine rings is 1. The number of hydrogen-bond donors (Lipinski definition) is 1. The topological polar surface area (TPSA) is 81.2 Å². The van der Waals surface area contributed by atoms with Crippen molar-refractivity contribution in [2.75, 3.05) is 32.7 Å². The molecule has 2 aliphatic rings. The van der Waals surface area contributed by atoms with Gasteiger partial charge in [0.15, 0.2) is 0 Å². The number of aliphatic hydroxyl groups is 1. The van der Waals surface area contributed by atoms with Crippen LogP contribution in [0.5, 0.6) is 0 Å². The number of aliphatic hydroxyl groups excluding tert-OH is 1. The minimum atomic E-state index is -1.01. The Kier molecular flexibility index (Phi) is 5.39. The summed E-state index contributed by atoms with van der Waals surface area (Å²) in [5.74, 6) is -0.652. The molecule has 0 radical (unpaired) electrons. The molecule has 2 saturated heterocycles. The van der Waals surface area contributed by atoms with E-state index in [0.717, 1.165) is 12.8 Å². The first-order valence-electron chi connectivity index (χ1n) is 8.00. The second kappa shape index (κ2) is 7.09. The molecule has 0 aromatic rings. The highest BCUT2D eigenvalue weighted by atomic mass is 16.3. The van der Waals surface area contributed by atoms with Gasteiger partial charge >= 0.3 is 0 Å². The van der Waals surface area contributed by atoms with Gasteiger partial charge in [-0.1, -0.05) is 0 Å². The number of likely N-dealkylation sites (N-methyl/N-ethyl adjacent to an activating group) is 1. The third-order valence-electron chi connectivity index (χ3n) is 4.53. The van der Waals surface area contributed by atoms with Crippen LogP contribution in [-0.4, -0.2) is 82.4 Å². The fraction of sp³-hybridized carbons (Fsp3) is 0.800. The average Bonchev–Trinajstić information content (AvgIpc) is 2.65. The number of rotatable bonds is 3. The molecule has 2 atom stereocenters. The highest BCUT2D eigenvalue weighted by Crippen LogP contribution is 2.15. The molecule has 2 fully saturated rings. The van der Waals surface area contributed by atoms with Gasteiger partial charge in [0, 0.05) is 26.2 Å². The van der Waals surface area contributed by atoms with E-state index in [0.29, 0.717) is 32.6 Å². The summed E-state index contributed by atoms with van der Waals surface area (Å²) < 4.78 is 0. The van der Waals surface area contributed by atoms with E-state index in [4.69, 9.17) is 0 Å². The van der Waals surface area contributed by atoms with Gasteiger partial charge in [0.05, 0.1) is 6.54 Å². The lowest BCUT2D eigenvalue weighted by Crippen LogP contribution is -2.59. The van der Waals surface area contributed by atoms with Crippen LogP contribution in [0.2, 0.25) is 0 Å². The first-order chi connectivity index (χ1) is 10.5. The van der Waals surface area contributed by atoms with E-state index in [1.54, 1.807) is 16.7 Å². The summed E-state index contributed by atoms with van der Waals surface area (Å²) >= 11 is 0. The Labute approximate surface area is 130 Å². The van der Waals surface area contributed by atoms with Crippen molar-refractivity contribution in [1.29, 1.82) is 0 Å². The molecule has 2 heterocycles. The zero-order valence-corrected chi connectivity index (χ0v) is 13.3. The molecule has 0 bridgehead atoms. The summed E-state index contributed by atoms with van der Waals surface area (Å²) in [6.45, 7) is 5.73. The van der Waals surface area contributed by atoms with Gasteiger partial charge < -0.3 is 19.8 Å². The number of amides is 3. The number of carbonyl (C=O) groups excluding carboxylic acids is 3. The maximum atomic E-state index is 12.5. The van der Waals surface area contributed by atoms with Crippen LogP contribution >= 0.6 is 0 Å². The Morgan fingerprint density at radius 3 is 2.55 bits per heavy atom. The zero-order chi connectivity index (χ0) is 16.3. The molecular weight excluding hydrogens is 286 g/mol. The van der Waals surface area contributed by atoms with Gasteiger partial charge in [0.25, 0.3) is 5.91 Å². The van der Waals surface area contributed by atoms with E-state index in [9.17, 15) is 19.5 Å². The largest absolute Gasteiger partial charge is 0.383 e. The van der Waals surface area contributed by atoms with E-state index >= 15 is 0 Å². The molecule has 2 unspecified atom stereocenters. The maximum Gasteiger partial charge on any atom is 0.251 e. The third-order valence-corrected chi connectivity index (χ3v) is 4.53. The number of hydrogen-bond acceptors (Lipinski definition) is 4. The van der Waals surface area contributed by atoms with Gasteiger partial charge in [-0.05, 0) is 33.1 Å². The number of carbonyl (C=O) groups is 3. The molecule has 0 spiro atoms. The van der Waals surface area contributed by atoms with Crippen molar-refractivity contribution < 1.29 is 19.5 Å². The molecule has 7 nitrogen and oxygen atoms in total. The lowest BCUT2D eigenvalue weighted by atomic mass is 10.1. The predicted molar refractivity (Wildman–Crippen MR) is 79.9 cm³/mol. The van der Waals surface area contributed by atoms with E-state index in [1.165, 1.54) is 4.90 Å². The molecule has 1 N–H and O–H groups in total. The zero-order valence-electron chi connectivity index (χ0n) is 13.3. The molecule has 0 saturated carbocycles. The molecule has 3 amide bonds. The maximum absolute atomic E-state index is 12.5. The van der Waals surface area contributed by atoms with E-state index < -0.39 is 12.1 Å². The second-order valence-corrected chi connectivity index (χ2v) is 5.95. The lowest BCUT2D eigenvalue weighted by molar-refractivity contribution is -0.153. The van der Waals surface area contributed by atoms with Gasteiger partial charge in [-0.3, -0.25) is 14.4 Å². The fourth-order valence-corrected chi connectivity index (χ4v) is 3.08. The second-order valence-electron chi connectivity index (χ2n) is 5.95. The molecule has 2 aliphatic heterocycles. The van der Waals surface area contributed by atoms with Crippen molar-refractivity contribution in [3.05, 3.63) is 0 Å². The van der Waals surface area contributed by atoms with E-state index in [2.05, 4.69) is 0 Å². The van der Waals surface area contributed by atoms with Crippen LogP contribution < -0.4 is 0 Å². The Hall–Kier alpha value is -1.63. The summed E-state index contributed by atoms with van der Waals surface area (Å²) in [4.78, 5) is 41.3. The Balaban J connectivity index is 1.99. The molecule has 0 aromatic heterocycles. The smallest absolute Gasteiger partial charge is 0.251 e. The Morgan fingerprint density at radius 2 is 1.86 bits per heavy atom. The summed E-state index contributed by atoms with van der Waals surface area (Å²) in [6, 6.07) is -0.492. The molecule has 7 heteroatoms. The normalized spacial score (nSPS) is 27.1. The van der Waals surface area contributed by atoms with Gasteiger partial charge in [-0.2, -0.15) is 0 Å². The Morgan fingerprint density at radius 1 is 1.14 bits per heavy atom. The molecule has 124 valence electrons. The van der Waals surface area contributed by atoms with Gasteiger partial charge in [-0.25, -0.2) is 0 Å². The summed E-state index contributed by atoms with van der Waals surface area (Å²) in [5, 5.41) is 9.74. The molecule has 2 rings (SSSR count). The minimum Gasteiger partial charge on any atom is -0.383 e. The van der Waals surface area contributed by atoms with Gasteiger partial charge in [-0.15, -0.1) is 0 Å². The first-order valence-corrected chi connectivity index (χ1v) is 8.00. The van der Waals surface area contributed by atoms with Gasteiger partial charge in [0.2, 0.25) is 11.8 Å². The average molecular weight is 311 g/mol. The van der Waals surface area contributed by atoms with Crippen molar-refractivity contribution in [2.24, 2.45) is 0 Å². The van der Waals surface area contributed by atoms with Crippen LogP contribution in [0.15, 0.2) is 0 Å². The van der Waals surface area contributed by atoms with Crippen LogP contribution in [0.1, 0.15) is 33.1 Å². The van der Waals surface area contributed by atoms with Crippen LogP contribution in [-0.2, 0) is 14.4 Å². The highest BCUT2D eigenvalue weighted by Gasteiger charge is 2.35. The highest BCUT2D eigenvalue weighted by molar-refractivity contribution is 5.91. The van der Waals surface area contributed by atoms with E-state index in [-0.39, 0.29) is 24.3 Å². The molecule has 22 heavy (non-hydrogen) atoms. The SMILES string of the molecule is CCN1CCN(C(=O)CN2CCCCC(O)C2=O)C(C)C1=O. The Bertz CT molecular complexity index is 454.